The van der Waals surface area contributed by atoms with Crippen LogP contribution in [0.1, 0.15) is 41.0 Å². The zero-order valence-electron chi connectivity index (χ0n) is 16.3. The quantitative estimate of drug-likeness (QED) is 0.593. The molecule has 0 fully saturated rings. The highest BCUT2D eigenvalue weighted by molar-refractivity contribution is 6.04. The summed E-state index contributed by atoms with van der Waals surface area (Å²) in [7, 11) is 0. The van der Waals surface area contributed by atoms with Gasteiger partial charge in [0.2, 0.25) is 5.91 Å². The van der Waals surface area contributed by atoms with Crippen molar-refractivity contribution in [2.24, 2.45) is 5.92 Å². The number of rotatable bonds is 8. The standard InChI is InChI=1S/C21H23N5O3/c1-14(2)13-18(21(29)24-12-9-22)26-20(28)15-3-5-17(6-4-15)25-19(27)16-7-10-23-11-8-16/h3-8,10-11,14,18H,12-13H2,1-2H3,(H,24,29)(H,25,27)(H,26,28)/t18-/m0/s1. The first-order chi connectivity index (χ1) is 13.9. The van der Waals surface area contributed by atoms with Gasteiger partial charge in [0, 0.05) is 29.2 Å². The highest BCUT2D eigenvalue weighted by Crippen LogP contribution is 2.12. The summed E-state index contributed by atoms with van der Waals surface area (Å²) in [5, 5.41) is 16.5. The Labute approximate surface area is 169 Å². The highest BCUT2D eigenvalue weighted by atomic mass is 16.2. The van der Waals surface area contributed by atoms with Crippen LogP contribution in [0, 0.1) is 17.2 Å². The molecule has 150 valence electrons. The van der Waals surface area contributed by atoms with Gasteiger partial charge in [-0.3, -0.25) is 19.4 Å². The maximum absolute atomic E-state index is 12.5. The third-order valence-electron chi connectivity index (χ3n) is 4.02. The molecule has 3 N–H and O–H groups in total. The molecule has 0 unspecified atom stereocenters. The lowest BCUT2D eigenvalue weighted by Gasteiger charge is -2.19. The Morgan fingerprint density at radius 2 is 1.62 bits per heavy atom. The fraction of sp³-hybridized carbons (Fsp3) is 0.286. The third kappa shape index (κ3) is 6.74. The van der Waals surface area contributed by atoms with Crippen molar-refractivity contribution in [3.63, 3.8) is 0 Å². The first kappa shape index (κ1) is 21.6. The first-order valence-corrected chi connectivity index (χ1v) is 9.17. The van der Waals surface area contributed by atoms with Crippen LogP contribution in [0.15, 0.2) is 48.8 Å². The topological polar surface area (TPSA) is 124 Å². The SMILES string of the molecule is CC(C)C[C@H](NC(=O)c1ccc(NC(=O)c2ccncc2)cc1)C(=O)NCC#N. The summed E-state index contributed by atoms with van der Waals surface area (Å²) >= 11 is 0. The zero-order chi connectivity index (χ0) is 21.2. The van der Waals surface area contributed by atoms with Gasteiger partial charge in [-0.2, -0.15) is 5.26 Å². The van der Waals surface area contributed by atoms with Gasteiger partial charge in [0.05, 0.1) is 6.07 Å². The van der Waals surface area contributed by atoms with Crippen LogP contribution in [0.3, 0.4) is 0 Å². The Hall–Kier alpha value is -3.73. The fourth-order valence-corrected chi connectivity index (χ4v) is 2.61. The molecule has 0 saturated heterocycles. The van der Waals surface area contributed by atoms with Crippen LogP contribution in [0.2, 0.25) is 0 Å². The van der Waals surface area contributed by atoms with E-state index in [1.54, 1.807) is 36.4 Å². The second-order valence-electron chi connectivity index (χ2n) is 6.80. The van der Waals surface area contributed by atoms with Crippen molar-refractivity contribution in [2.45, 2.75) is 26.3 Å². The smallest absolute Gasteiger partial charge is 0.255 e. The van der Waals surface area contributed by atoms with Crippen LogP contribution in [-0.2, 0) is 4.79 Å². The van der Waals surface area contributed by atoms with Gasteiger partial charge in [0.25, 0.3) is 11.8 Å². The first-order valence-electron chi connectivity index (χ1n) is 9.17. The van der Waals surface area contributed by atoms with Crippen LogP contribution >= 0.6 is 0 Å². The minimum absolute atomic E-state index is 0.116. The lowest BCUT2D eigenvalue weighted by atomic mass is 10.0. The second kappa shape index (κ2) is 10.6. The summed E-state index contributed by atoms with van der Waals surface area (Å²) in [6, 6.07) is 10.7. The average Bonchev–Trinajstić information content (AvgIpc) is 2.72. The highest BCUT2D eigenvalue weighted by Gasteiger charge is 2.22. The molecule has 3 amide bonds. The number of pyridine rings is 1. The van der Waals surface area contributed by atoms with Gasteiger partial charge in [0.15, 0.2) is 0 Å². The maximum atomic E-state index is 12.5. The molecule has 8 nitrogen and oxygen atoms in total. The Balaban J connectivity index is 2.01. The molecule has 1 aromatic heterocycles. The van der Waals surface area contributed by atoms with E-state index in [-0.39, 0.29) is 18.4 Å². The van der Waals surface area contributed by atoms with E-state index >= 15 is 0 Å². The molecule has 0 radical (unpaired) electrons. The minimum Gasteiger partial charge on any atom is -0.341 e. The Bertz CT molecular complexity index is 889. The third-order valence-corrected chi connectivity index (χ3v) is 4.02. The molecule has 8 heteroatoms. The lowest BCUT2D eigenvalue weighted by Crippen LogP contribution is -2.47. The molecule has 1 heterocycles. The molecule has 0 aliphatic rings. The van der Waals surface area contributed by atoms with Crippen molar-refractivity contribution >= 4 is 23.4 Å². The number of nitrogens with zero attached hydrogens (tertiary/aromatic N) is 2. The Kier molecular flexibility index (Phi) is 7.86. The molecule has 2 aromatic rings. The predicted molar refractivity (Wildman–Crippen MR) is 108 cm³/mol. The van der Waals surface area contributed by atoms with E-state index in [0.29, 0.717) is 23.2 Å². The van der Waals surface area contributed by atoms with E-state index in [4.69, 9.17) is 5.26 Å². The number of benzene rings is 1. The van der Waals surface area contributed by atoms with E-state index in [0.717, 1.165) is 0 Å². The second-order valence-corrected chi connectivity index (χ2v) is 6.80. The summed E-state index contributed by atoms with van der Waals surface area (Å²) in [4.78, 5) is 40.7. The number of amides is 3. The number of carbonyl (C=O) groups excluding carboxylic acids is 3. The molecule has 0 bridgehead atoms. The van der Waals surface area contributed by atoms with Crippen molar-refractivity contribution in [1.82, 2.24) is 15.6 Å². The van der Waals surface area contributed by atoms with Gasteiger partial charge in [-0.25, -0.2) is 0 Å². The Morgan fingerprint density at radius 1 is 1.00 bits per heavy atom. The zero-order valence-corrected chi connectivity index (χ0v) is 16.3. The summed E-state index contributed by atoms with van der Waals surface area (Å²) in [6.45, 7) is 3.77. The Morgan fingerprint density at radius 3 is 2.21 bits per heavy atom. The lowest BCUT2D eigenvalue weighted by molar-refractivity contribution is -0.123. The number of nitrogens with one attached hydrogen (secondary N) is 3. The van der Waals surface area contributed by atoms with Gasteiger partial charge in [0.1, 0.15) is 12.6 Å². The summed E-state index contributed by atoms with van der Waals surface area (Å²) in [6.07, 6.45) is 3.51. The van der Waals surface area contributed by atoms with E-state index in [1.807, 2.05) is 19.9 Å². The molecule has 0 aliphatic carbocycles. The predicted octanol–water partition coefficient (Wildman–Crippen LogP) is 2.12. The molecule has 1 aromatic carbocycles. The van der Waals surface area contributed by atoms with E-state index < -0.39 is 17.9 Å². The summed E-state index contributed by atoms with van der Waals surface area (Å²) in [5.74, 6) is -0.903. The van der Waals surface area contributed by atoms with Gasteiger partial charge in [-0.05, 0) is 48.7 Å². The molecular weight excluding hydrogens is 370 g/mol. The van der Waals surface area contributed by atoms with Crippen LogP contribution in [0.25, 0.3) is 0 Å². The number of aromatic nitrogens is 1. The van der Waals surface area contributed by atoms with Crippen molar-refractivity contribution in [3.05, 3.63) is 59.9 Å². The van der Waals surface area contributed by atoms with Crippen molar-refractivity contribution in [2.75, 3.05) is 11.9 Å². The molecule has 29 heavy (non-hydrogen) atoms. The monoisotopic (exact) mass is 393 g/mol. The molecular formula is C21H23N5O3. The largest absolute Gasteiger partial charge is 0.341 e. The number of anilines is 1. The van der Waals surface area contributed by atoms with E-state index in [1.165, 1.54) is 12.4 Å². The van der Waals surface area contributed by atoms with Crippen molar-refractivity contribution in [1.29, 1.82) is 5.26 Å². The fourth-order valence-electron chi connectivity index (χ4n) is 2.61. The minimum atomic E-state index is -0.734. The van der Waals surface area contributed by atoms with Crippen LogP contribution in [0.5, 0.6) is 0 Å². The van der Waals surface area contributed by atoms with Crippen molar-refractivity contribution in [3.8, 4) is 6.07 Å². The number of carbonyl (C=O) groups is 3. The van der Waals surface area contributed by atoms with E-state index in [2.05, 4.69) is 20.9 Å². The maximum Gasteiger partial charge on any atom is 0.255 e. The number of hydrogen-bond acceptors (Lipinski definition) is 5. The summed E-state index contributed by atoms with van der Waals surface area (Å²) in [5.41, 5.74) is 1.37. The summed E-state index contributed by atoms with van der Waals surface area (Å²) < 4.78 is 0. The van der Waals surface area contributed by atoms with Gasteiger partial charge in [-0.1, -0.05) is 13.8 Å². The van der Waals surface area contributed by atoms with E-state index in [9.17, 15) is 14.4 Å². The van der Waals surface area contributed by atoms with Crippen LogP contribution in [0.4, 0.5) is 5.69 Å². The molecule has 1 atom stereocenters. The average molecular weight is 393 g/mol. The van der Waals surface area contributed by atoms with Crippen LogP contribution < -0.4 is 16.0 Å². The van der Waals surface area contributed by atoms with Gasteiger partial charge >= 0.3 is 0 Å². The molecule has 2 rings (SSSR count). The van der Waals surface area contributed by atoms with Gasteiger partial charge < -0.3 is 16.0 Å². The van der Waals surface area contributed by atoms with Crippen molar-refractivity contribution < 1.29 is 14.4 Å². The van der Waals surface area contributed by atoms with Gasteiger partial charge in [-0.15, -0.1) is 0 Å². The normalized spacial score (nSPS) is 11.2. The van der Waals surface area contributed by atoms with Crippen LogP contribution in [-0.4, -0.2) is 35.3 Å². The molecule has 0 saturated carbocycles. The molecule has 0 spiro atoms. The number of hydrogen-bond donors (Lipinski definition) is 3. The molecule has 0 aliphatic heterocycles. The number of nitriles is 1.